The number of fused-ring (bicyclic) bond motifs is 5. The number of hydrogen-bond acceptors (Lipinski definition) is 6. The van der Waals surface area contributed by atoms with Gasteiger partial charge in [-0.15, -0.1) is 5.10 Å². The van der Waals surface area contributed by atoms with Crippen LogP contribution in [-0.2, 0) is 23.8 Å². The molecule has 1 unspecified atom stereocenters. The van der Waals surface area contributed by atoms with Crippen LogP contribution in [0, 0.1) is 0 Å². The molecular formula is C23H18N4O4. The van der Waals surface area contributed by atoms with E-state index in [9.17, 15) is 15.0 Å². The summed E-state index contributed by atoms with van der Waals surface area (Å²) in [5, 5.41) is 28.2. The number of phenolic OH excluding ortho intramolecular Hbond substituents is 2. The molecule has 154 valence electrons. The molecule has 0 saturated heterocycles. The number of anilines is 1. The quantitative estimate of drug-likeness (QED) is 0.489. The van der Waals surface area contributed by atoms with Crippen molar-refractivity contribution < 1.29 is 19.7 Å². The van der Waals surface area contributed by atoms with E-state index in [0.717, 1.165) is 27.8 Å². The van der Waals surface area contributed by atoms with Crippen LogP contribution in [0.3, 0.4) is 0 Å². The standard InChI is InChI=1S/C23H18N4O4/c1-26-18-8-13(6-7-16(18)24-25-26)11-27-17-5-3-2-4-14(17)23(22(27)30)12-31-21-10-20(29)19(28)9-15(21)23/h2-10,28-29H,11-12H2,1H3. The van der Waals surface area contributed by atoms with Crippen molar-refractivity contribution in [3.05, 3.63) is 71.3 Å². The minimum atomic E-state index is -1.06. The van der Waals surface area contributed by atoms with Gasteiger partial charge in [0.1, 0.15) is 23.3 Å². The molecule has 4 aromatic rings. The summed E-state index contributed by atoms with van der Waals surface area (Å²) < 4.78 is 7.53. The van der Waals surface area contributed by atoms with Gasteiger partial charge in [-0.1, -0.05) is 29.5 Å². The number of para-hydroxylation sites is 1. The molecule has 1 spiro atoms. The highest BCUT2D eigenvalue weighted by Crippen LogP contribution is 2.54. The summed E-state index contributed by atoms with van der Waals surface area (Å²) in [6.07, 6.45) is 0. The van der Waals surface area contributed by atoms with E-state index < -0.39 is 5.41 Å². The van der Waals surface area contributed by atoms with Crippen molar-refractivity contribution in [3.63, 3.8) is 0 Å². The monoisotopic (exact) mass is 414 g/mol. The molecule has 0 saturated carbocycles. The number of carbonyl (C=O) groups is 1. The summed E-state index contributed by atoms with van der Waals surface area (Å²) in [7, 11) is 1.83. The van der Waals surface area contributed by atoms with E-state index in [0.29, 0.717) is 17.9 Å². The van der Waals surface area contributed by atoms with Gasteiger partial charge in [-0.2, -0.15) is 0 Å². The van der Waals surface area contributed by atoms with Crippen molar-refractivity contribution in [2.45, 2.75) is 12.0 Å². The van der Waals surface area contributed by atoms with E-state index in [1.54, 1.807) is 9.58 Å². The van der Waals surface area contributed by atoms with Gasteiger partial charge in [0, 0.05) is 24.4 Å². The van der Waals surface area contributed by atoms with Gasteiger partial charge in [-0.3, -0.25) is 4.79 Å². The molecule has 2 N–H and O–H groups in total. The summed E-state index contributed by atoms with van der Waals surface area (Å²) in [5.41, 5.74) is 3.77. The Morgan fingerprint density at radius 1 is 1.06 bits per heavy atom. The molecule has 8 nitrogen and oxygen atoms in total. The number of hydrogen-bond donors (Lipinski definition) is 2. The Morgan fingerprint density at radius 3 is 2.74 bits per heavy atom. The summed E-state index contributed by atoms with van der Waals surface area (Å²) in [6.45, 7) is 0.486. The SMILES string of the molecule is Cn1nnc2ccc(CN3C(=O)C4(COc5cc(O)c(O)cc54)c4ccccc43)cc21. The number of benzene rings is 3. The maximum atomic E-state index is 13.9. The molecule has 31 heavy (non-hydrogen) atoms. The van der Waals surface area contributed by atoms with Gasteiger partial charge in [-0.25, -0.2) is 4.68 Å². The van der Waals surface area contributed by atoms with Crippen LogP contribution >= 0.6 is 0 Å². The first-order chi connectivity index (χ1) is 15.0. The zero-order valence-corrected chi connectivity index (χ0v) is 16.6. The number of rotatable bonds is 2. The summed E-state index contributed by atoms with van der Waals surface area (Å²) in [4.78, 5) is 15.7. The van der Waals surface area contributed by atoms with E-state index in [-0.39, 0.29) is 24.0 Å². The van der Waals surface area contributed by atoms with Gasteiger partial charge < -0.3 is 19.8 Å². The van der Waals surface area contributed by atoms with Crippen molar-refractivity contribution in [2.75, 3.05) is 11.5 Å². The lowest BCUT2D eigenvalue weighted by Crippen LogP contribution is -2.42. The first kappa shape index (κ1) is 17.8. The van der Waals surface area contributed by atoms with Crippen LogP contribution in [0.25, 0.3) is 11.0 Å². The first-order valence-electron chi connectivity index (χ1n) is 9.88. The molecule has 1 amide bonds. The third-order valence-corrected chi connectivity index (χ3v) is 6.26. The van der Waals surface area contributed by atoms with Gasteiger partial charge in [0.05, 0.1) is 12.1 Å². The Morgan fingerprint density at radius 2 is 1.87 bits per heavy atom. The maximum absolute atomic E-state index is 13.9. The lowest BCUT2D eigenvalue weighted by atomic mass is 9.77. The Labute approximate surface area is 176 Å². The van der Waals surface area contributed by atoms with Crippen LogP contribution in [-0.4, -0.2) is 37.7 Å². The van der Waals surface area contributed by atoms with Gasteiger partial charge in [-0.05, 0) is 35.4 Å². The highest BCUT2D eigenvalue weighted by Gasteiger charge is 2.57. The van der Waals surface area contributed by atoms with Crippen LogP contribution < -0.4 is 9.64 Å². The predicted molar refractivity (Wildman–Crippen MR) is 112 cm³/mol. The molecule has 0 radical (unpaired) electrons. The minimum absolute atomic E-state index is 0.113. The number of aryl methyl sites for hydroxylation is 1. The number of aromatic hydroxyl groups is 2. The molecule has 6 rings (SSSR count). The molecule has 3 heterocycles. The molecule has 1 atom stereocenters. The van der Waals surface area contributed by atoms with E-state index in [4.69, 9.17) is 4.74 Å². The average molecular weight is 414 g/mol. The Balaban J connectivity index is 1.48. The fourth-order valence-electron chi connectivity index (χ4n) is 4.71. The summed E-state index contributed by atoms with van der Waals surface area (Å²) in [5.74, 6) is -0.269. The molecule has 0 bridgehead atoms. The minimum Gasteiger partial charge on any atom is -0.504 e. The van der Waals surface area contributed by atoms with Gasteiger partial charge in [0.15, 0.2) is 11.5 Å². The molecule has 0 aliphatic carbocycles. The highest BCUT2D eigenvalue weighted by atomic mass is 16.5. The average Bonchev–Trinajstić information content (AvgIpc) is 3.39. The molecule has 3 aromatic carbocycles. The fourth-order valence-corrected chi connectivity index (χ4v) is 4.71. The molecular weight excluding hydrogens is 396 g/mol. The lowest BCUT2D eigenvalue weighted by molar-refractivity contribution is -0.122. The molecule has 2 aliphatic rings. The van der Waals surface area contributed by atoms with Crippen LogP contribution in [0.4, 0.5) is 5.69 Å². The zero-order chi connectivity index (χ0) is 21.3. The van der Waals surface area contributed by atoms with Gasteiger partial charge in [0.2, 0.25) is 5.91 Å². The van der Waals surface area contributed by atoms with E-state index in [2.05, 4.69) is 10.3 Å². The normalized spacial score (nSPS) is 19.1. The van der Waals surface area contributed by atoms with E-state index in [1.165, 1.54) is 12.1 Å². The second kappa shape index (κ2) is 5.98. The third-order valence-electron chi connectivity index (χ3n) is 6.26. The second-order valence-electron chi connectivity index (χ2n) is 7.98. The third kappa shape index (κ3) is 2.27. The van der Waals surface area contributed by atoms with Gasteiger partial charge >= 0.3 is 0 Å². The lowest BCUT2D eigenvalue weighted by Gasteiger charge is -2.23. The number of phenols is 2. The van der Waals surface area contributed by atoms with Crippen molar-refractivity contribution in [1.82, 2.24) is 15.0 Å². The number of amides is 1. The number of aromatic nitrogens is 3. The van der Waals surface area contributed by atoms with Crippen molar-refractivity contribution in [3.8, 4) is 17.2 Å². The Kier molecular flexibility index (Phi) is 3.42. The van der Waals surface area contributed by atoms with Crippen molar-refractivity contribution in [2.24, 2.45) is 7.05 Å². The largest absolute Gasteiger partial charge is 0.504 e. The molecule has 8 heteroatoms. The smallest absolute Gasteiger partial charge is 0.246 e. The number of carbonyl (C=O) groups excluding carboxylic acids is 1. The van der Waals surface area contributed by atoms with Crippen molar-refractivity contribution in [1.29, 1.82) is 0 Å². The molecule has 0 fully saturated rings. The first-order valence-corrected chi connectivity index (χ1v) is 9.88. The maximum Gasteiger partial charge on any atom is 0.246 e. The topological polar surface area (TPSA) is 101 Å². The molecule has 2 aliphatic heterocycles. The second-order valence-corrected chi connectivity index (χ2v) is 7.98. The van der Waals surface area contributed by atoms with Crippen LogP contribution in [0.2, 0.25) is 0 Å². The Bertz CT molecular complexity index is 1400. The van der Waals surface area contributed by atoms with E-state index in [1.807, 2.05) is 49.5 Å². The molecule has 1 aromatic heterocycles. The van der Waals surface area contributed by atoms with Gasteiger partial charge in [0.25, 0.3) is 0 Å². The van der Waals surface area contributed by atoms with E-state index >= 15 is 0 Å². The van der Waals surface area contributed by atoms with Crippen molar-refractivity contribution >= 4 is 22.6 Å². The fraction of sp³-hybridized carbons (Fsp3) is 0.174. The van der Waals surface area contributed by atoms with Crippen LogP contribution in [0.1, 0.15) is 16.7 Å². The summed E-state index contributed by atoms with van der Waals surface area (Å²) in [6, 6.07) is 16.3. The highest BCUT2D eigenvalue weighted by molar-refractivity contribution is 6.11. The number of ether oxygens (including phenoxy) is 1. The zero-order valence-electron chi connectivity index (χ0n) is 16.6. The Hall–Kier alpha value is -4.07. The van der Waals surface area contributed by atoms with Crippen LogP contribution in [0.5, 0.6) is 17.2 Å². The predicted octanol–water partition coefficient (Wildman–Crippen LogP) is 2.60. The number of nitrogens with zero attached hydrogens (tertiary/aromatic N) is 4. The summed E-state index contributed by atoms with van der Waals surface area (Å²) >= 11 is 0. The van der Waals surface area contributed by atoms with Crippen LogP contribution in [0.15, 0.2) is 54.6 Å².